The standard InChI is InChI=1S/C21H32N4O2/c1-4-10-22-19(26)12-18-14(2)23-20(24-15(18)3)17-9-6-11-25(13-17)21(27)16-7-5-8-16/h16-17H,4-13H2,1-3H3,(H,22,26)/t17-/m0/s1. The Morgan fingerprint density at radius 1 is 1.11 bits per heavy atom. The van der Waals surface area contributed by atoms with Gasteiger partial charge in [0.25, 0.3) is 0 Å². The molecule has 0 aromatic carbocycles. The lowest BCUT2D eigenvalue weighted by molar-refractivity contribution is -0.139. The SMILES string of the molecule is CCCNC(=O)Cc1c(C)nc([C@H]2CCCN(C(=O)C3CCC3)C2)nc1C. The zero-order valence-corrected chi connectivity index (χ0v) is 16.9. The van der Waals surface area contributed by atoms with Gasteiger partial charge in [0.15, 0.2) is 0 Å². The predicted octanol–water partition coefficient (Wildman–Crippen LogP) is 2.67. The highest BCUT2D eigenvalue weighted by molar-refractivity contribution is 5.80. The van der Waals surface area contributed by atoms with E-state index in [-0.39, 0.29) is 17.7 Å². The van der Waals surface area contributed by atoms with Crippen molar-refractivity contribution in [2.45, 2.75) is 71.6 Å². The molecule has 0 radical (unpaired) electrons. The second kappa shape index (κ2) is 8.81. The third-order valence-corrected chi connectivity index (χ3v) is 5.90. The number of hydrogen-bond acceptors (Lipinski definition) is 4. The quantitative estimate of drug-likeness (QED) is 0.833. The molecule has 2 amide bonds. The van der Waals surface area contributed by atoms with Gasteiger partial charge in [0.1, 0.15) is 5.82 Å². The Kier molecular flexibility index (Phi) is 6.45. The van der Waals surface area contributed by atoms with Gasteiger partial charge in [-0.3, -0.25) is 9.59 Å². The molecule has 1 N–H and O–H groups in total. The van der Waals surface area contributed by atoms with Gasteiger partial charge in [0.2, 0.25) is 11.8 Å². The molecule has 0 bridgehead atoms. The average molecular weight is 373 g/mol. The number of carbonyl (C=O) groups excluding carboxylic acids is 2. The summed E-state index contributed by atoms with van der Waals surface area (Å²) >= 11 is 0. The van der Waals surface area contributed by atoms with Crippen molar-refractivity contribution < 1.29 is 9.59 Å². The van der Waals surface area contributed by atoms with E-state index in [1.807, 2.05) is 25.7 Å². The van der Waals surface area contributed by atoms with Crippen molar-refractivity contribution in [1.82, 2.24) is 20.2 Å². The minimum absolute atomic E-state index is 0.0225. The van der Waals surface area contributed by atoms with E-state index in [1.54, 1.807) is 0 Å². The summed E-state index contributed by atoms with van der Waals surface area (Å²) in [5.74, 6) is 1.62. The predicted molar refractivity (Wildman–Crippen MR) is 104 cm³/mol. The lowest BCUT2D eigenvalue weighted by Crippen LogP contribution is -2.44. The van der Waals surface area contributed by atoms with Crippen LogP contribution in [0.3, 0.4) is 0 Å². The molecule has 0 spiro atoms. The highest BCUT2D eigenvalue weighted by Gasteiger charge is 2.33. The number of amides is 2. The molecule has 1 aliphatic heterocycles. The summed E-state index contributed by atoms with van der Waals surface area (Å²) < 4.78 is 0. The maximum absolute atomic E-state index is 12.6. The van der Waals surface area contributed by atoms with Crippen LogP contribution in [0.4, 0.5) is 0 Å². The van der Waals surface area contributed by atoms with Crippen LogP contribution in [0.1, 0.15) is 74.1 Å². The maximum atomic E-state index is 12.6. The first-order valence-corrected chi connectivity index (χ1v) is 10.4. The maximum Gasteiger partial charge on any atom is 0.225 e. The largest absolute Gasteiger partial charge is 0.356 e. The van der Waals surface area contributed by atoms with Crippen LogP contribution in [0.5, 0.6) is 0 Å². The monoisotopic (exact) mass is 372 g/mol. The number of carbonyl (C=O) groups is 2. The van der Waals surface area contributed by atoms with Crippen LogP contribution in [-0.4, -0.2) is 46.3 Å². The van der Waals surface area contributed by atoms with Crippen molar-refractivity contribution in [1.29, 1.82) is 0 Å². The van der Waals surface area contributed by atoms with E-state index in [2.05, 4.69) is 5.32 Å². The average Bonchev–Trinajstić information content (AvgIpc) is 2.61. The topological polar surface area (TPSA) is 75.2 Å². The second-order valence-electron chi connectivity index (χ2n) is 8.01. The zero-order valence-electron chi connectivity index (χ0n) is 16.9. The fourth-order valence-electron chi connectivity index (χ4n) is 3.99. The lowest BCUT2D eigenvalue weighted by atomic mass is 9.83. The minimum Gasteiger partial charge on any atom is -0.356 e. The highest BCUT2D eigenvalue weighted by Crippen LogP contribution is 2.32. The van der Waals surface area contributed by atoms with Gasteiger partial charge in [-0.1, -0.05) is 13.3 Å². The van der Waals surface area contributed by atoms with Crippen molar-refractivity contribution in [2.75, 3.05) is 19.6 Å². The Balaban J connectivity index is 1.69. The van der Waals surface area contributed by atoms with Gasteiger partial charge in [-0.25, -0.2) is 9.97 Å². The molecular formula is C21H32N4O2. The van der Waals surface area contributed by atoms with E-state index in [0.717, 1.165) is 68.0 Å². The Hall–Kier alpha value is -1.98. The first-order valence-electron chi connectivity index (χ1n) is 10.4. The van der Waals surface area contributed by atoms with Gasteiger partial charge >= 0.3 is 0 Å². The fourth-order valence-corrected chi connectivity index (χ4v) is 3.99. The van der Waals surface area contributed by atoms with Crippen LogP contribution in [0.25, 0.3) is 0 Å². The smallest absolute Gasteiger partial charge is 0.225 e. The Morgan fingerprint density at radius 3 is 2.41 bits per heavy atom. The second-order valence-corrected chi connectivity index (χ2v) is 8.01. The van der Waals surface area contributed by atoms with Crippen molar-refractivity contribution in [3.05, 3.63) is 22.8 Å². The van der Waals surface area contributed by atoms with Crippen molar-refractivity contribution >= 4 is 11.8 Å². The summed E-state index contributed by atoms with van der Waals surface area (Å²) in [6.07, 6.45) is 6.55. The number of rotatable bonds is 6. The van der Waals surface area contributed by atoms with Crippen molar-refractivity contribution in [3.8, 4) is 0 Å². The van der Waals surface area contributed by atoms with E-state index >= 15 is 0 Å². The summed E-state index contributed by atoms with van der Waals surface area (Å²) in [5.41, 5.74) is 2.68. The molecule has 27 heavy (non-hydrogen) atoms. The Bertz CT molecular complexity index is 676. The van der Waals surface area contributed by atoms with Crippen molar-refractivity contribution in [3.63, 3.8) is 0 Å². The molecule has 2 heterocycles. The number of aryl methyl sites for hydroxylation is 2. The third kappa shape index (κ3) is 4.66. The molecule has 1 saturated carbocycles. The first kappa shape index (κ1) is 19.8. The molecule has 6 nitrogen and oxygen atoms in total. The summed E-state index contributed by atoms with van der Waals surface area (Å²) in [4.78, 5) is 36.2. The van der Waals surface area contributed by atoms with Crippen molar-refractivity contribution in [2.24, 2.45) is 5.92 Å². The van der Waals surface area contributed by atoms with Gasteiger partial charge in [0, 0.05) is 48.4 Å². The normalized spacial score (nSPS) is 20.3. The number of piperidine rings is 1. The molecule has 1 saturated heterocycles. The lowest BCUT2D eigenvalue weighted by Gasteiger charge is -2.37. The summed E-state index contributed by atoms with van der Waals surface area (Å²) in [5, 5.41) is 2.91. The van der Waals surface area contributed by atoms with Gasteiger partial charge in [-0.15, -0.1) is 0 Å². The number of nitrogens with zero attached hydrogens (tertiary/aromatic N) is 3. The van der Waals surface area contributed by atoms with Crippen LogP contribution in [-0.2, 0) is 16.0 Å². The first-order chi connectivity index (χ1) is 13.0. The summed E-state index contributed by atoms with van der Waals surface area (Å²) in [6, 6.07) is 0. The molecule has 1 aromatic rings. The highest BCUT2D eigenvalue weighted by atomic mass is 16.2. The number of likely N-dealkylation sites (tertiary alicyclic amines) is 1. The van der Waals surface area contributed by atoms with Crippen LogP contribution >= 0.6 is 0 Å². The molecule has 6 heteroatoms. The zero-order chi connectivity index (χ0) is 19.4. The van der Waals surface area contributed by atoms with E-state index in [9.17, 15) is 9.59 Å². The molecule has 2 fully saturated rings. The summed E-state index contributed by atoms with van der Waals surface area (Å²) in [6.45, 7) is 8.24. The van der Waals surface area contributed by atoms with Crippen LogP contribution in [0.15, 0.2) is 0 Å². The van der Waals surface area contributed by atoms with Crippen LogP contribution < -0.4 is 5.32 Å². The van der Waals surface area contributed by atoms with E-state index in [1.165, 1.54) is 6.42 Å². The molecule has 0 unspecified atom stereocenters. The molecule has 1 atom stereocenters. The van der Waals surface area contributed by atoms with Gasteiger partial charge in [-0.2, -0.15) is 0 Å². The molecule has 1 aliphatic carbocycles. The third-order valence-electron chi connectivity index (χ3n) is 5.90. The number of nitrogens with one attached hydrogen (secondary N) is 1. The van der Waals surface area contributed by atoms with E-state index in [0.29, 0.717) is 18.9 Å². The fraction of sp³-hybridized carbons (Fsp3) is 0.714. The molecule has 2 aliphatic rings. The summed E-state index contributed by atoms with van der Waals surface area (Å²) in [7, 11) is 0. The minimum atomic E-state index is 0.0225. The van der Waals surface area contributed by atoms with Crippen LogP contribution in [0.2, 0.25) is 0 Å². The Morgan fingerprint density at radius 2 is 1.81 bits per heavy atom. The molecule has 1 aromatic heterocycles. The van der Waals surface area contributed by atoms with Gasteiger partial charge < -0.3 is 10.2 Å². The van der Waals surface area contributed by atoms with Crippen LogP contribution in [0, 0.1) is 19.8 Å². The van der Waals surface area contributed by atoms with E-state index < -0.39 is 0 Å². The number of hydrogen-bond donors (Lipinski definition) is 1. The molecule has 148 valence electrons. The molecular weight excluding hydrogens is 340 g/mol. The van der Waals surface area contributed by atoms with Gasteiger partial charge in [0.05, 0.1) is 6.42 Å². The van der Waals surface area contributed by atoms with E-state index in [4.69, 9.17) is 9.97 Å². The Labute approximate surface area is 162 Å². The number of aromatic nitrogens is 2. The molecule has 3 rings (SSSR count). The van der Waals surface area contributed by atoms with Gasteiger partial charge in [-0.05, 0) is 46.0 Å².